The molecule has 0 spiro atoms. The first-order valence-electron chi connectivity index (χ1n) is 5.34. The van der Waals surface area contributed by atoms with Crippen molar-refractivity contribution in [2.75, 3.05) is 5.73 Å². The number of rotatable bonds is 4. The molecular formula is C12H12N2O3S. The van der Waals surface area contributed by atoms with Gasteiger partial charge in [0.15, 0.2) is 0 Å². The Morgan fingerprint density at radius 3 is 2.61 bits per heavy atom. The van der Waals surface area contributed by atoms with E-state index in [4.69, 9.17) is 10.8 Å². The smallest absolute Gasteiger partial charge is 0.307 e. The van der Waals surface area contributed by atoms with Crippen molar-refractivity contribution in [2.24, 2.45) is 0 Å². The minimum atomic E-state index is -0.920. The van der Waals surface area contributed by atoms with Crippen LogP contribution in [0.2, 0.25) is 0 Å². The molecule has 0 bridgehead atoms. The number of benzene rings is 1. The van der Waals surface area contributed by atoms with E-state index in [0.29, 0.717) is 5.69 Å². The zero-order valence-electron chi connectivity index (χ0n) is 9.50. The Bertz CT molecular complexity index is 613. The molecule has 0 amide bonds. The number of aromatic nitrogens is 1. The fraction of sp³-hybridized carbons (Fsp3) is 0.167. The summed E-state index contributed by atoms with van der Waals surface area (Å²) in [5.74, 6) is -0.920. The predicted molar refractivity (Wildman–Crippen MR) is 70.7 cm³/mol. The summed E-state index contributed by atoms with van der Waals surface area (Å²) >= 11 is 1.06. The first-order chi connectivity index (χ1) is 8.58. The third-order valence-corrected chi connectivity index (χ3v) is 3.30. The molecule has 2 aromatic rings. The summed E-state index contributed by atoms with van der Waals surface area (Å²) in [4.78, 5) is 22.1. The highest BCUT2D eigenvalue weighted by Crippen LogP contribution is 2.21. The molecule has 0 unspecified atom stereocenters. The fourth-order valence-electron chi connectivity index (χ4n) is 1.63. The maximum atomic E-state index is 11.7. The van der Waals surface area contributed by atoms with Crippen molar-refractivity contribution in [1.29, 1.82) is 0 Å². The lowest BCUT2D eigenvalue weighted by Gasteiger charge is -2.06. The molecule has 1 aromatic heterocycles. The Balaban J connectivity index is 2.36. The molecule has 0 atom stereocenters. The number of thiazole rings is 1. The molecule has 0 aliphatic carbocycles. The van der Waals surface area contributed by atoms with Gasteiger partial charge in [0, 0.05) is 17.6 Å². The molecule has 0 saturated carbocycles. The van der Waals surface area contributed by atoms with E-state index in [-0.39, 0.29) is 17.8 Å². The van der Waals surface area contributed by atoms with Gasteiger partial charge in [0.05, 0.1) is 12.1 Å². The normalized spacial score (nSPS) is 10.4. The van der Waals surface area contributed by atoms with Gasteiger partial charge >= 0.3 is 10.8 Å². The van der Waals surface area contributed by atoms with Crippen LogP contribution >= 0.6 is 11.3 Å². The van der Waals surface area contributed by atoms with Crippen molar-refractivity contribution in [1.82, 2.24) is 4.57 Å². The van der Waals surface area contributed by atoms with Crippen molar-refractivity contribution in [3.05, 3.63) is 39.3 Å². The summed E-state index contributed by atoms with van der Waals surface area (Å²) in [6, 6.07) is 7.13. The van der Waals surface area contributed by atoms with Gasteiger partial charge in [0.1, 0.15) is 0 Å². The number of carboxylic acid groups (broad SMARTS) is 1. The molecule has 0 aliphatic heterocycles. The zero-order valence-corrected chi connectivity index (χ0v) is 10.3. The van der Waals surface area contributed by atoms with E-state index in [0.717, 1.165) is 22.6 Å². The topological polar surface area (TPSA) is 85.3 Å². The zero-order chi connectivity index (χ0) is 13.1. The number of nitrogen functional groups attached to an aromatic ring is 1. The SMILES string of the molecule is Nc1ccc(-c2csc(=O)n2CCC(=O)O)cc1. The molecule has 0 fully saturated rings. The molecule has 94 valence electrons. The average Bonchev–Trinajstić information content (AvgIpc) is 2.69. The summed E-state index contributed by atoms with van der Waals surface area (Å²) in [5.41, 5.74) is 7.83. The molecule has 6 heteroatoms. The maximum absolute atomic E-state index is 11.7. The van der Waals surface area contributed by atoms with Crippen molar-refractivity contribution >= 4 is 23.0 Å². The fourth-order valence-corrected chi connectivity index (χ4v) is 2.42. The second kappa shape index (κ2) is 5.05. The number of anilines is 1. The monoisotopic (exact) mass is 264 g/mol. The number of aliphatic carboxylic acids is 1. The summed E-state index contributed by atoms with van der Waals surface area (Å²) < 4.78 is 1.48. The van der Waals surface area contributed by atoms with Gasteiger partial charge in [-0.3, -0.25) is 14.2 Å². The van der Waals surface area contributed by atoms with Crippen LogP contribution in [0.5, 0.6) is 0 Å². The van der Waals surface area contributed by atoms with Crippen LogP contribution in [0.1, 0.15) is 6.42 Å². The van der Waals surface area contributed by atoms with Crippen molar-refractivity contribution in [2.45, 2.75) is 13.0 Å². The van der Waals surface area contributed by atoms with Crippen LogP contribution in [0, 0.1) is 0 Å². The summed E-state index contributed by atoms with van der Waals surface area (Å²) in [7, 11) is 0. The van der Waals surface area contributed by atoms with E-state index in [1.54, 1.807) is 17.5 Å². The molecule has 3 N–H and O–H groups in total. The Labute approximate surface area is 107 Å². The second-order valence-corrected chi connectivity index (χ2v) is 4.62. The van der Waals surface area contributed by atoms with E-state index >= 15 is 0 Å². The Morgan fingerprint density at radius 1 is 1.33 bits per heavy atom. The largest absolute Gasteiger partial charge is 0.481 e. The minimum Gasteiger partial charge on any atom is -0.481 e. The maximum Gasteiger partial charge on any atom is 0.307 e. The molecule has 18 heavy (non-hydrogen) atoms. The Kier molecular flexibility index (Phi) is 3.47. The summed E-state index contributed by atoms with van der Waals surface area (Å²) in [5, 5.41) is 10.4. The van der Waals surface area contributed by atoms with Crippen LogP contribution < -0.4 is 10.6 Å². The molecule has 5 nitrogen and oxygen atoms in total. The van der Waals surface area contributed by atoms with Gasteiger partial charge in [0.2, 0.25) is 0 Å². The number of nitrogens with zero attached hydrogens (tertiary/aromatic N) is 1. The van der Waals surface area contributed by atoms with Crippen LogP contribution in [-0.2, 0) is 11.3 Å². The molecule has 1 heterocycles. The van der Waals surface area contributed by atoms with Crippen LogP contribution in [0.25, 0.3) is 11.3 Å². The average molecular weight is 264 g/mol. The quantitative estimate of drug-likeness (QED) is 0.822. The number of hydrogen-bond donors (Lipinski definition) is 2. The molecular weight excluding hydrogens is 252 g/mol. The number of carboxylic acids is 1. The molecule has 1 aromatic carbocycles. The first kappa shape index (κ1) is 12.4. The molecule has 0 aliphatic rings. The van der Waals surface area contributed by atoms with Crippen molar-refractivity contribution < 1.29 is 9.90 Å². The van der Waals surface area contributed by atoms with E-state index in [1.165, 1.54) is 4.57 Å². The molecule has 0 radical (unpaired) electrons. The van der Waals surface area contributed by atoms with Crippen LogP contribution in [0.4, 0.5) is 5.69 Å². The van der Waals surface area contributed by atoms with Crippen molar-refractivity contribution in [3.8, 4) is 11.3 Å². The third-order valence-electron chi connectivity index (χ3n) is 2.54. The van der Waals surface area contributed by atoms with Gasteiger partial charge in [-0.05, 0) is 17.7 Å². The predicted octanol–water partition coefficient (Wildman–Crippen LogP) is 1.63. The number of carbonyl (C=O) groups is 1. The van der Waals surface area contributed by atoms with Gasteiger partial charge in [-0.2, -0.15) is 0 Å². The number of hydrogen-bond acceptors (Lipinski definition) is 4. The van der Waals surface area contributed by atoms with E-state index < -0.39 is 5.97 Å². The van der Waals surface area contributed by atoms with Gasteiger partial charge in [-0.25, -0.2) is 0 Å². The van der Waals surface area contributed by atoms with Crippen molar-refractivity contribution in [3.63, 3.8) is 0 Å². The van der Waals surface area contributed by atoms with Gasteiger partial charge < -0.3 is 10.8 Å². The van der Waals surface area contributed by atoms with Crippen LogP contribution in [0.3, 0.4) is 0 Å². The lowest BCUT2D eigenvalue weighted by atomic mass is 10.1. The lowest BCUT2D eigenvalue weighted by molar-refractivity contribution is -0.137. The molecule has 2 rings (SSSR count). The van der Waals surface area contributed by atoms with Crippen LogP contribution in [0.15, 0.2) is 34.4 Å². The Hall–Kier alpha value is -2.08. The van der Waals surface area contributed by atoms with E-state index in [2.05, 4.69) is 0 Å². The lowest BCUT2D eigenvalue weighted by Crippen LogP contribution is -2.16. The number of nitrogens with two attached hydrogens (primary N) is 1. The Morgan fingerprint density at radius 2 is 2.00 bits per heavy atom. The summed E-state index contributed by atoms with van der Waals surface area (Å²) in [6.45, 7) is 0.178. The first-order valence-corrected chi connectivity index (χ1v) is 6.22. The molecule has 0 saturated heterocycles. The third kappa shape index (κ3) is 2.60. The van der Waals surface area contributed by atoms with Gasteiger partial charge in [-0.15, -0.1) is 0 Å². The standard InChI is InChI=1S/C12H12N2O3S/c13-9-3-1-8(2-4-9)10-7-18-12(17)14(10)6-5-11(15)16/h1-4,7H,5-6,13H2,(H,15,16). The highest BCUT2D eigenvalue weighted by molar-refractivity contribution is 7.07. The van der Waals surface area contributed by atoms with Gasteiger partial charge in [-0.1, -0.05) is 23.5 Å². The van der Waals surface area contributed by atoms with E-state index in [9.17, 15) is 9.59 Å². The highest BCUT2D eigenvalue weighted by atomic mass is 32.1. The van der Waals surface area contributed by atoms with Gasteiger partial charge in [0.25, 0.3) is 0 Å². The highest BCUT2D eigenvalue weighted by Gasteiger charge is 2.10. The van der Waals surface area contributed by atoms with Crippen LogP contribution in [-0.4, -0.2) is 15.6 Å². The summed E-state index contributed by atoms with van der Waals surface area (Å²) in [6.07, 6.45) is -0.0708. The second-order valence-electron chi connectivity index (χ2n) is 3.80. The van der Waals surface area contributed by atoms with E-state index in [1.807, 2.05) is 12.1 Å². The minimum absolute atomic E-state index is 0.0708.